The number of nitrogens with zero attached hydrogens (tertiary/aromatic N) is 3. The Hall–Kier alpha value is -1.62. The summed E-state index contributed by atoms with van der Waals surface area (Å²) in [5.41, 5.74) is 5.99. The molecule has 0 amide bonds. The molecule has 0 spiro atoms. The second-order valence-corrected chi connectivity index (χ2v) is 8.19. The van der Waals surface area contributed by atoms with E-state index in [0.29, 0.717) is 12.6 Å². The molecule has 1 fully saturated rings. The SMILES string of the molecule is C=C(C)CN1CCC(NCc2c(C)nn(Cc3ccccc3Cl)c2C)CC1. The van der Waals surface area contributed by atoms with Crippen molar-refractivity contribution in [2.75, 3.05) is 19.6 Å². The van der Waals surface area contributed by atoms with E-state index in [4.69, 9.17) is 16.7 Å². The molecular formula is C22H31ClN4. The van der Waals surface area contributed by atoms with Crippen LogP contribution in [0.3, 0.4) is 0 Å². The fraction of sp³-hybridized carbons (Fsp3) is 0.500. The van der Waals surface area contributed by atoms with E-state index in [1.807, 2.05) is 18.2 Å². The van der Waals surface area contributed by atoms with Gasteiger partial charge in [0.1, 0.15) is 0 Å². The van der Waals surface area contributed by atoms with E-state index in [1.165, 1.54) is 29.7 Å². The van der Waals surface area contributed by atoms with Gasteiger partial charge in [0.15, 0.2) is 0 Å². The highest BCUT2D eigenvalue weighted by atomic mass is 35.5. The van der Waals surface area contributed by atoms with Crippen molar-refractivity contribution in [2.24, 2.45) is 0 Å². The van der Waals surface area contributed by atoms with Gasteiger partial charge in [0.05, 0.1) is 12.2 Å². The summed E-state index contributed by atoms with van der Waals surface area (Å²) >= 11 is 6.32. The number of aryl methyl sites for hydroxylation is 1. The zero-order valence-corrected chi connectivity index (χ0v) is 17.5. The summed E-state index contributed by atoms with van der Waals surface area (Å²) in [6, 6.07) is 8.57. The summed E-state index contributed by atoms with van der Waals surface area (Å²) in [7, 11) is 0. The van der Waals surface area contributed by atoms with Gasteiger partial charge in [-0.25, -0.2) is 0 Å². The monoisotopic (exact) mass is 386 g/mol. The molecule has 3 rings (SSSR count). The Kier molecular flexibility index (Phi) is 6.74. The first-order valence-corrected chi connectivity index (χ1v) is 10.2. The molecule has 0 saturated carbocycles. The van der Waals surface area contributed by atoms with Crippen molar-refractivity contribution in [3.63, 3.8) is 0 Å². The number of rotatable bonds is 7. The molecule has 0 bridgehead atoms. The Morgan fingerprint density at radius 3 is 2.63 bits per heavy atom. The first-order chi connectivity index (χ1) is 12.9. The lowest BCUT2D eigenvalue weighted by molar-refractivity contribution is 0.211. The molecule has 1 saturated heterocycles. The van der Waals surface area contributed by atoms with Crippen molar-refractivity contribution >= 4 is 11.6 Å². The number of benzene rings is 1. The van der Waals surface area contributed by atoms with Crippen LogP contribution < -0.4 is 5.32 Å². The van der Waals surface area contributed by atoms with Gasteiger partial charge in [0, 0.05) is 35.4 Å². The van der Waals surface area contributed by atoms with E-state index in [-0.39, 0.29) is 0 Å². The molecule has 1 aromatic heterocycles. The Labute approximate surface area is 168 Å². The number of likely N-dealkylation sites (tertiary alicyclic amines) is 1. The quantitative estimate of drug-likeness (QED) is 0.719. The first-order valence-electron chi connectivity index (χ1n) is 9.80. The maximum absolute atomic E-state index is 6.32. The van der Waals surface area contributed by atoms with Crippen LogP contribution in [0, 0.1) is 13.8 Å². The van der Waals surface area contributed by atoms with Gasteiger partial charge >= 0.3 is 0 Å². The van der Waals surface area contributed by atoms with Gasteiger partial charge < -0.3 is 5.32 Å². The third-order valence-corrected chi connectivity index (χ3v) is 5.83. The van der Waals surface area contributed by atoms with E-state index in [1.54, 1.807) is 0 Å². The van der Waals surface area contributed by atoms with Crippen LogP contribution in [-0.2, 0) is 13.1 Å². The summed E-state index contributed by atoms with van der Waals surface area (Å²) < 4.78 is 2.07. The van der Waals surface area contributed by atoms with E-state index >= 15 is 0 Å². The average Bonchev–Trinajstić information content (AvgIpc) is 2.89. The van der Waals surface area contributed by atoms with Crippen LogP contribution in [-0.4, -0.2) is 40.4 Å². The van der Waals surface area contributed by atoms with Crippen LogP contribution >= 0.6 is 11.6 Å². The molecule has 1 aliphatic rings. The van der Waals surface area contributed by atoms with Crippen LogP contribution in [0.15, 0.2) is 36.4 Å². The minimum atomic E-state index is 0.581. The molecule has 146 valence electrons. The topological polar surface area (TPSA) is 33.1 Å². The second kappa shape index (κ2) is 9.05. The highest BCUT2D eigenvalue weighted by molar-refractivity contribution is 6.31. The maximum Gasteiger partial charge on any atom is 0.0677 e. The molecule has 0 aliphatic carbocycles. The highest BCUT2D eigenvalue weighted by Gasteiger charge is 2.20. The Morgan fingerprint density at radius 2 is 1.96 bits per heavy atom. The zero-order chi connectivity index (χ0) is 19.4. The molecule has 1 aromatic carbocycles. The molecule has 4 nitrogen and oxygen atoms in total. The zero-order valence-electron chi connectivity index (χ0n) is 16.8. The van der Waals surface area contributed by atoms with Crippen LogP contribution in [0.1, 0.15) is 42.3 Å². The molecule has 0 atom stereocenters. The summed E-state index contributed by atoms with van der Waals surface area (Å²) in [5, 5.41) is 9.31. The smallest absolute Gasteiger partial charge is 0.0677 e. The first kappa shape index (κ1) is 20.1. The van der Waals surface area contributed by atoms with Gasteiger partial charge in [-0.15, -0.1) is 0 Å². The summed E-state index contributed by atoms with van der Waals surface area (Å²) in [4.78, 5) is 2.50. The number of piperidine rings is 1. The lowest BCUT2D eigenvalue weighted by atomic mass is 10.0. The number of halogens is 1. The van der Waals surface area contributed by atoms with Crippen molar-refractivity contribution in [2.45, 2.75) is 52.7 Å². The summed E-state index contributed by atoms with van der Waals surface area (Å²) in [6.07, 6.45) is 2.39. The Balaban J connectivity index is 1.58. The van der Waals surface area contributed by atoms with Gasteiger partial charge in [-0.2, -0.15) is 5.10 Å². The van der Waals surface area contributed by atoms with Crippen molar-refractivity contribution in [1.29, 1.82) is 0 Å². The molecule has 27 heavy (non-hydrogen) atoms. The molecule has 0 radical (unpaired) electrons. The fourth-order valence-electron chi connectivity index (χ4n) is 3.86. The van der Waals surface area contributed by atoms with Gasteiger partial charge in [-0.1, -0.05) is 42.0 Å². The van der Waals surface area contributed by atoms with Crippen molar-refractivity contribution in [3.05, 3.63) is 64.0 Å². The van der Waals surface area contributed by atoms with Crippen molar-refractivity contribution in [1.82, 2.24) is 20.0 Å². The molecular weight excluding hydrogens is 356 g/mol. The predicted octanol–water partition coefficient (Wildman–Crippen LogP) is 4.33. The lowest BCUT2D eigenvalue weighted by Gasteiger charge is -2.32. The largest absolute Gasteiger partial charge is 0.310 e. The second-order valence-electron chi connectivity index (χ2n) is 7.79. The number of aromatic nitrogens is 2. The molecule has 2 aromatic rings. The number of nitrogens with one attached hydrogen (secondary N) is 1. The van der Waals surface area contributed by atoms with E-state index in [0.717, 1.165) is 42.5 Å². The van der Waals surface area contributed by atoms with E-state index < -0.39 is 0 Å². The molecule has 1 N–H and O–H groups in total. The van der Waals surface area contributed by atoms with Gasteiger partial charge in [0.2, 0.25) is 0 Å². The highest BCUT2D eigenvalue weighted by Crippen LogP contribution is 2.20. The van der Waals surface area contributed by atoms with Gasteiger partial charge in [-0.05, 0) is 58.3 Å². The fourth-order valence-corrected chi connectivity index (χ4v) is 4.05. The van der Waals surface area contributed by atoms with Crippen molar-refractivity contribution < 1.29 is 0 Å². The van der Waals surface area contributed by atoms with E-state index in [2.05, 4.69) is 48.3 Å². The molecule has 2 heterocycles. The average molecular weight is 387 g/mol. The number of hydrogen-bond donors (Lipinski definition) is 1. The standard InChI is InChI=1S/C22H31ClN4/c1-16(2)14-26-11-9-20(10-12-26)24-13-21-17(3)25-27(18(21)4)15-19-7-5-6-8-22(19)23/h5-8,20,24H,1,9-15H2,2-4H3. The minimum Gasteiger partial charge on any atom is -0.310 e. The summed E-state index contributed by atoms with van der Waals surface area (Å²) in [6.45, 7) is 15.3. The lowest BCUT2D eigenvalue weighted by Crippen LogP contribution is -2.42. The predicted molar refractivity (Wildman–Crippen MR) is 113 cm³/mol. The third-order valence-electron chi connectivity index (χ3n) is 5.46. The van der Waals surface area contributed by atoms with Crippen LogP contribution in [0.25, 0.3) is 0 Å². The van der Waals surface area contributed by atoms with Crippen LogP contribution in [0.4, 0.5) is 0 Å². The molecule has 1 aliphatic heterocycles. The minimum absolute atomic E-state index is 0.581. The Morgan fingerprint density at radius 1 is 1.26 bits per heavy atom. The van der Waals surface area contributed by atoms with Gasteiger partial charge in [0.25, 0.3) is 0 Å². The normalized spacial score (nSPS) is 16.0. The van der Waals surface area contributed by atoms with Crippen LogP contribution in [0.2, 0.25) is 5.02 Å². The van der Waals surface area contributed by atoms with Crippen LogP contribution in [0.5, 0.6) is 0 Å². The number of hydrogen-bond acceptors (Lipinski definition) is 3. The third kappa shape index (κ3) is 5.22. The van der Waals surface area contributed by atoms with E-state index in [9.17, 15) is 0 Å². The molecule has 0 unspecified atom stereocenters. The maximum atomic E-state index is 6.32. The summed E-state index contributed by atoms with van der Waals surface area (Å²) in [5.74, 6) is 0. The molecule has 5 heteroatoms. The van der Waals surface area contributed by atoms with Gasteiger partial charge in [-0.3, -0.25) is 9.58 Å². The Bertz CT molecular complexity index is 788. The van der Waals surface area contributed by atoms with Crippen molar-refractivity contribution in [3.8, 4) is 0 Å².